The molecule has 29 heavy (non-hydrogen) atoms. The lowest BCUT2D eigenvalue weighted by Gasteiger charge is -2.36. The number of aryl methyl sites for hydroxylation is 2. The van der Waals surface area contributed by atoms with E-state index in [-0.39, 0.29) is 11.1 Å². The number of pyridine rings is 2. The van der Waals surface area contributed by atoms with E-state index in [0.29, 0.717) is 5.69 Å². The molecule has 0 bridgehead atoms. The number of fused-ring (bicyclic) bond motifs is 1. The van der Waals surface area contributed by atoms with Crippen LogP contribution in [0.5, 0.6) is 0 Å². The molecular formula is C23H25N5O. The zero-order valence-electron chi connectivity index (χ0n) is 16.9. The molecule has 1 aliphatic heterocycles. The molecule has 4 rings (SSSR count). The van der Waals surface area contributed by atoms with Crippen molar-refractivity contribution in [2.45, 2.75) is 19.9 Å². The Hall–Kier alpha value is -3.17. The Morgan fingerprint density at radius 2 is 1.79 bits per heavy atom. The molecule has 148 valence electrons. The Morgan fingerprint density at radius 1 is 1.07 bits per heavy atom. The molecule has 0 amide bonds. The first kappa shape index (κ1) is 19.2. The first-order chi connectivity index (χ1) is 14.1. The summed E-state index contributed by atoms with van der Waals surface area (Å²) in [4.78, 5) is 22.2. The predicted octanol–water partition coefficient (Wildman–Crippen LogP) is 2.69. The molecule has 0 spiro atoms. The van der Waals surface area contributed by atoms with Crippen LogP contribution in [0.1, 0.15) is 23.7 Å². The van der Waals surface area contributed by atoms with Gasteiger partial charge in [-0.3, -0.25) is 9.69 Å². The van der Waals surface area contributed by atoms with Crippen LogP contribution in [0.4, 0.5) is 5.69 Å². The van der Waals surface area contributed by atoms with Crippen molar-refractivity contribution < 1.29 is 0 Å². The molecule has 2 aromatic heterocycles. The second kappa shape index (κ2) is 8.06. The maximum Gasteiger partial charge on any atom is 0.270 e. The molecule has 0 saturated carbocycles. The van der Waals surface area contributed by atoms with Crippen LogP contribution < -0.4 is 10.5 Å². The van der Waals surface area contributed by atoms with E-state index in [2.05, 4.69) is 47.1 Å². The third kappa shape index (κ3) is 3.62. The predicted molar refractivity (Wildman–Crippen MR) is 115 cm³/mol. The molecule has 3 heterocycles. The van der Waals surface area contributed by atoms with Gasteiger partial charge in [-0.25, -0.2) is 4.98 Å². The molecule has 3 aromatic rings. The summed E-state index contributed by atoms with van der Waals surface area (Å²) >= 11 is 0. The second-order valence-corrected chi connectivity index (χ2v) is 7.47. The molecule has 1 fully saturated rings. The van der Waals surface area contributed by atoms with Crippen molar-refractivity contribution in [3.05, 3.63) is 69.6 Å². The smallest absolute Gasteiger partial charge is 0.270 e. The quantitative estimate of drug-likeness (QED) is 0.689. The molecule has 0 N–H and O–H groups in total. The number of nitrogens with zero attached hydrogens (tertiary/aromatic N) is 5. The van der Waals surface area contributed by atoms with Crippen molar-refractivity contribution in [1.29, 1.82) is 5.26 Å². The molecule has 0 atom stereocenters. The van der Waals surface area contributed by atoms with Gasteiger partial charge in [-0.15, -0.1) is 0 Å². The van der Waals surface area contributed by atoms with Gasteiger partial charge in [0.05, 0.1) is 11.2 Å². The van der Waals surface area contributed by atoms with Gasteiger partial charge < -0.3 is 9.47 Å². The highest BCUT2D eigenvalue weighted by atomic mass is 16.1. The normalized spacial score (nSPS) is 14.9. The topological polar surface area (TPSA) is 65.2 Å². The van der Waals surface area contributed by atoms with Gasteiger partial charge in [-0.2, -0.15) is 5.26 Å². The van der Waals surface area contributed by atoms with Gasteiger partial charge in [0, 0.05) is 45.5 Å². The van der Waals surface area contributed by atoms with Crippen molar-refractivity contribution in [3.8, 4) is 6.07 Å². The van der Waals surface area contributed by atoms with E-state index in [0.717, 1.165) is 55.9 Å². The van der Waals surface area contributed by atoms with Gasteiger partial charge in [0.1, 0.15) is 17.1 Å². The third-order valence-corrected chi connectivity index (χ3v) is 5.68. The Labute approximate surface area is 170 Å². The summed E-state index contributed by atoms with van der Waals surface area (Å²) in [6, 6.07) is 16.5. The highest BCUT2D eigenvalue weighted by Crippen LogP contribution is 2.28. The summed E-state index contributed by atoms with van der Waals surface area (Å²) in [6.07, 6.45) is 0.810. The Balaban J connectivity index is 1.68. The van der Waals surface area contributed by atoms with Gasteiger partial charge in [0.25, 0.3) is 5.56 Å². The van der Waals surface area contributed by atoms with E-state index >= 15 is 0 Å². The van der Waals surface area contributed by atoms with Crippen LogP contribution in [0.3, 0.4) is 0 Å². The number of aromatic nitrogens is 2. The summed E-state index contributed by atoms with van der Waals surface area (Å²) < 4.78 is 1.54. The fourth-order valence-corrected chi connectivity index (χ4v) is 4.01. The van der Waals surface area contributed by atoms with Gasteiger partial charge in [0.2, 0.25) is 0 Å². The van der Waals surface area contributed by atoms with Gasteiger partial charge in [0.15, 0.2) is 0 Å². The van der Waals surface area contributed by atoms with E-state index in [1.807, 2.05) is 18.2 Å². The molecule has 0 aliphatic carbocycles. The number of anilines is 1. The molecule has 0 unspecified atom stereocenters. The first-order valence-corrected chi connectivity index (χ1v) is 10.1. The van der Waals surface area contributed by atoms with Gasteiger partial charge in [-0.1, -0.05) is 37.3 Å². The summed E-state index contributed by atoms with van der Waals surface area (Å²) in [5.41, 5.74) is 4.41. The zero-order valence-corrected chi connectivity index (χ0v) is 16.9. The van der Waals surface area contributed by atoms with Crippen molar-refractivity contribution in [2.75, 3.05) is 31.1 Å². The van der Waals surface area contributed by atoms with Crippen LogP contribution in [-0.2, 0) is 20.0 Å². The standard InChI is InChI=1S/C23H25N5O/c1-3-18-9-10-20-21(25-18)22(19(15-24)23(29)26(20)2)28-13-11-27(12-14-28)16-17-7-5-4-6-8-17/h4-10H,3,11-14,16H2,1-2H3. The van der Waals surface area contributed by atoms with E-state index in [1.165, 1.54) is 10.1 Å². The molecule has 0 radical (unpaired) electrons. The van der Waals surface area contributed by atoms with Gasteiger partial charge in [-0.05, 0) is 24.1 Å². The van der Waals surface area contributed by atoms with E-state index in [1.54, 1.807) is 7.05 Å². The fourth-order valence-electron chi connectivity index (χ4n) is 4.01. The Kier molecular flexibility index (Phi) is 5.32. The maximum atomic E-state index is 12.8. The molecule has 1 aliphatic rings. The lowest BCUT2D eigenvalue weighted by atomic mass is 10.1. The molecule has 1 aromatic carbocycles. The lowest BCUT2D eigenvalue weighted by Crippen LogP contribution is -2.47. The van der Waals surface area contributed by atoms with Crippen LogP contribution in [-0.4, -0.2) is 40.6 Å². The van der Waals surface area contributed by atoms with Gasteiger partial charge >= 0.3 is 0 Å². The number of rotatable bonds is 4. The number of benzene rings is 1. The molecule has 1 saturated heterocycles. The minimum Gasteiger partial charge on any atom is -0.366 e. The first-order valence-electron chi connectivity index (χ1n) is 10.1. The van der Waals surface area contributed by atoms with Crippen LogP contribution in [0, 0.1) is 11.3 Å². The molecule has 6 nitrogen and oxygen atoms in total. The fraction of sp³-hybridized carbons (Fsp3) is 0.348. The van der Waals surface area contributed by atoms with E-state index in [9.17, 15) is 10.1 Å². The summed E-state index contributed by atoms with van der Waals surface area (Å²) in [5.74, 6) is 0. The minimum atomic E-state index is -0.257. The summed E-state index contributed by atoms with van der Waals surface area (Å²) in [7, 11) is 1.71. The van der Waals surface area contributed by atoms with Crippen molar-refractivity contribution >= 4 is 16.7 Å². The second-order valence-electron chi connectivity index (χ2n) is 7.47. The third-order valence-electron chi connectivity index (χ3n) is 5.68. The maximum absolute atomic E-state index is 12.8. The highest BCUT2D eigenvalue weighted by Gasteiger charge is 2.25. The number of piperazine rings is 1. The summed E-state index contributed by atoms with van der Waals surface area (Å²) in [6.45, 7) is 6.26. The van der Waals surface area contributed by atoms with E-state index < -0.39 is 0 Å². The summed E-state index contributed by atoms with van der Waals surface area (Å²) in [5, 5.41) is 9.76. The van der Waals surface area contributed by atoms with Crippen molar-refractivity contribution in [2.24, 2.45) is 7.05 Å². The largest absolute Gasteiger partial charge is 0.366 e. The monoisotopic (exact) mass is 387 g/mol. The number of hydrogen-bond acceptors (Lipinski definition) is 5. The highest BCUT2D eigenvalue weighted by molar-refractivity contribution is 5.91. The number of hydrogen-bond donors (Lipinski definition) is 0. The zero-order chi connectivity index (χ0) is 20.4. The number of nitriles is 1. The SMILES string of the molecule is CCc1ccc2c(n1)c(N1CCN(Cc3ccccc3)CC1)c(C#N)c(=O)n2C. The van der Waals surface area contributed by atoms with Crippen LogP contribution in [0.25, 0.3) is 11.0 Å². The lowest BCUT2D eigenvalue weighted by molar-refractivity contribution is 0.250. The minimum absolute atomic E-state index is 0.192. The average Bonchev–Trinajstić information content (AvgIpc) is 2.77. The van der Waals surface area contributed by atoms with Crippen molar-refractivity contribution in [1.82, 2.24) is 14.5 Å². The molecule has 6 heteroatoms. The Morgan fingerprint density at radius 3 is 2.45 bits per heavy atom. The van der Waals surface area contributed by atoms with Crippen LogP contribution >= 0.6 is 0 Å². The van der Waals surface area contributed by atoms with Crippen LogP contribution in [0.2, 0.25) is 0 Å². The average molecular weight is 387 g/mol. The Bertz CT molecular complexity index is 1120. The van der Waals surface area contributed by atoms with Crippen molar-refractivity contribution in [3.63, 3.8) is 0 Å². The molecular weight excluding hydrogens is 362 g/mol. The van der Waals surface area contributed by atoms with Crippen LogP contribution in [0.15, 0.2) is 47.3 Å². The van der Waals surface area contributed by atoms with E-state index in [4.69, 9.17) is 4.98 Å².